The molecule has 0 N–H and O–H groups in total. The zero-order valence-electron chi connectivity index (χ0n) is 16.2. The number of hydrogen-bond donors (Lipinski definition) is 0. The SMILES string of the molecule is CN1CCC[C@@H](CN(CCc2ccccc2)C(=O)COc2ccccc2)C1. The highest BCUT2D eigenvalue weighted by Crippen LogP contribution is 2.17. The van der Waals surface area contributed by atoms with Gasteiger partial charge in [-0.25, -0.2) is 0 Å². The van der Waals surface area contributed by atoms with E-state index in [0.29, 0.717) is 5.92 Å². The minimum Gasteiger partial charge on any atom is -0.484 e. The Hall–Kier alpha value is -2.33. The summed E-state index contributed by atoms with van der Waals surface area (Å²) in [4.78, 5) is 17.2. The van der Waals surface area contributed by atoms with E-state index in [1.165, 1.54) is 18.4 Å². The van der Waals surface area contributed by atoms with E-state index in [-0.39, 0.29) is 12.5 Å². The number of carbonyl (C=O) groups excluding carboxylic acids is 1. The van der Waals surface area contributed by atoms with E-state index in [0.717, 1.165) is 38.3 Å². The van der Waals surface area contributed by atoms with Crippen molar-refractivity contribution < 1.29 is 9.53 Å². The first kappa shape index (κ1) is 19.4. The fraction of sp³-hybridized carbons (Fsp3) is 0.435. The Labute approximate surface area is 162 Å². The van der Waals surface area contributed by atoms with Gasteiger partial charge >= 0.3 is 0 Å². The maximum atomic E-state index is 12.9. The van der Waals surface area contributed by atoms with Crippen LogP contribution in [0.25, 0.3) is 0 Å². The summed E-state index contributed by atoms with van der Waals surface area (Å²) in [6, 6.07) is 19.9. The summed E-state index contributed by atoms with van der Waals surface area (Å²) in [7, 11) is 2.17. The number of rotatable bonds is 8. The first-order valence-corrected chi connectivity index (χ1v) is 9.89. The molecule has 1 fully saturated rings. The number of hydrogen-bond acceptors (Lipinski definition) is 3. The van der Waals surface area contributed by atoms with Crippen LogP contribution in [0.4, 0.5) is 0 Å². The van der Waals surface area contributed by atoms with Gasteiger partial charge in [0, 0.05) is 19.6 Å². The molecular formula is C23H30N2O2. The van der Waals surface area contributed by atoms with Crippen LogP contribution in [-0.4, -0.2) is 55.5 Å². The van der Waals surface area contributed by atoms with E-state index >= 15 is 0 Å². The molecule has 4 nitrogen and oxygen atoms in total. The molecule has 0 radical (unpaired) electrons. The van der Waals surface area contributed by atoms with E-state index in [1.807, 2.05) is 41.3 Å². The maximum Gasteiger partial charge on any atom is 0.260 e. The summed E-state index contributed by atoms with van der Waals surface area (Å²) in [5.41, 5.74) is 1.26. The molecule has 1 saturated heterocycles. The second-order valence-corrected chi connectivity index (χ2v) is 7.45. The smallest absolute Gasteiger partial charge is 0.260 e. The average molecular weight is 367 g/mol. The maximum absolute atomic E-state index is 12.9. The van der Waals surface area contributed by atoms with Crippen molar-refractivity contribution in [2.24, 2.45) is 5.92 Å². The topological polar surface area (TPSA) is 32.8 Å². The van der Waals surface area contributed by atoms with Gasteiger partial charge in [0.25, 0.3) is 5.91 Å². The van der Waals surface area contributed by atoms with Gasteiger partial charge in [-0.2, -0.15) is 0 Å². The van der Waals surface area contributed by atoms with Gasteiger partial charge in [0.15, 0.2) is 6.61 Å². The molecule has 0 unspecified atom stereocenters. The van der Waals surface area contributed by atoms with Crippen molar-refractivity contribution in [3.8, 4) is 5.75 Å². The Morgan fingerprint density at radius 1 is 1.11 bits per heavy atom. The third-order valence-electron chi connectivity index (χ3n) is 5.17. The molecule has 0 bridgehead atoms. The fourth-order valence-corrected chi connectivity index (χ4v) is 3.71. The van der Waals surface area contributed by atoms with Gasteiger partial charge in [-0.05, 0) is 56.5 Å². The van der Waals surface area contributed by atoms with Gasteiger partial charge in [0.2, 0.25) is 0 Å². The van der Waals surface area contributed by atoms with Gasteiger partial charge in [0.05, 0.1) is 0 Å². The predicted octanol–water partition coefficient (Wildman–Crippen LogP) is 3.48. The van der Waals surface area contributed by atoms with E-state index in [2.05, 4.69) is 36.2 Å². The minimum atomic E-state index is 0.0722. The van der Waals surface area contributed by atoms with E-state index in [4.69, 9.17) is 4.74 Å². The number of carbonyl (C=O) groups is 1. The fourth-order valence-electron chi connectivity index (χ4n) is 3.71. The average Bonchev–Trinajstić information content (AvgIpc) is 2.71. The minimum absolute atomic E-state index is 0.0722. The molecule has 1 atom stereocenters. The van der Waals surface area contributed by atoms with Crippen molar-refractivity contribution in [3.05, 3.63) is 66.2 Å². The van der Waals surface area contributed by atoms with Crippen molar-refractivity contribution in [2.75, 3.05) is 39.8 Å². The van der Waals surface area contributed by atoms with Crippen molar-refractivity contribution in [2.45, 2.75) is 19.3 Å². The molecule has 0 aliphatic carbocycles. The van der Waals surface area contributed by atoms with Gasteiger partial charge in [-0.1, -0.05) is 48.5 Å². The van der Waals surface area contributed by atoms with Crippen LogP contribution in [-0.2, 0) is 11.2 Å². The van der Waals surface area contributed by atoms with Crippen LogP contribution >= 0.6 is 0 Å². The molecule has 1 aliphatic rings. The van der Waals surface area contributed by atoms with E-state index in [9.17, 15) is 4.79 Å². The summed E-state index contributed by atoms with van der Waals surface area (Å²) >= 11 is 0. The lowest BCUT2D eigenvalue weighted by Crippen LogP contribution is -2.44. The Morgan fingerprint density at radius 3 is 2.52 bits per heavy atom. The van der Waals surface area contributed by atoms with Crippen LogP contribution in [0, 0.1) is 5.92 Å². The Balaban J connectivity index is 1.59. The van der Waals surface area contributed by atoms with Crippen LogP contribution in [0.3, 0.4) is 0 Å². The third-order valence-corrected chi connectivity index (χ3v) is 5.17. The molecule has 0 spiro atoms. The number of piperidine rings is 1. The van der Waals surface area contributed by atoms with Crippen LogP contribution < -0.4 is 4.74 Å². The number of likely N-dealkylation sites (tertiary alicyclic amines) is 1. The first-order valence-electron chi connectivity index (χ1n) is 9.89. The van der Waals surface area contributed by atoms with Gasteiger partial charge in [0.1, 0.15) is 5.75 Å². The highest BCUT2D eigenvalue weighted by Gasteiger charge is 2.23. The molecule has 2 aromatic rings. The third kappa shape index (κ3) is 6.40. The molecule has 1 aliphatic heterocycles. The normalized spacial score (nSPS) is 17.4. The lowest BCUT2D eigenvalue weighted by Gasteiger charge is -2.34. The largest absolute Gasteiger partial charge is 0.484 e. The zero-order chi connectivity index (χ0) is 18.9. The summed E-state index contributed by atoms with van der Waals surface area (Å²) < 4.78 is 5.71. The van der Waals surface area contributed by atoms with Gasteiger partial charge < -0.3 is 14.5 Å². The van der Waals surface area contributed by atoms with Crippen LogP contribution in [0.15, 0.2) is 60.7 Å². The molecule has 0 saturated carbocycles. The van der Waals surface area contributed by atoms with Crippen molar-refractivity contribution >= 4 is 5.91 Å². The second kappa shape index (κ2) is 10.1. The molecule has 0 aromatic heterocycles. The monoisotopic (exact) mass is 366 g/mol. The number of ether oxygens (including phenoxy) is 1. The number of nitrogens with zero attached hydrogens (tertiary/aromatic N) is 2. The van der Waals surface area contributed by atoms with E-state index < -0.39 is 0 Å². The standard InChI is InChI=1S/C23H30N2O2/c1-24-15-8-11-21(17-24)18-25(16-14-20-9-4-2-5-10-20)23(26)19-27-22-12-6-3-7-13-22/h2-7,9-10,12-13,21H,8,11,14-19H2,1H3/t21-/m1/s1. The Bertz CT molecular complexity index is 690. The lowest BCUT2D eigenvalue weighted by atomic mass is 9.97. The van der Waals surface area contributed by atoms with Crippen molar-refractivity contribution in [1.29, 1.82) is 0 Å². The molecule has 4 heteroatoms. The molecule has 2 aromatic carbocycles. The van der Waals surface area contributed by atoms with Crippen LogP contribution in [0.2, 0.25) is 0 Å². The number of para-hydroxylation sites is 1. The van der Waals surface area contributed by atoms with Crippen LogP contribution in [0.5, 0.6) is 5.75 Å². The highest BCUT2D eigenvalue weighted by atomic mass is 16.5. The molecule has 144 valence electrons. The first-order chi connectivity index (χ1) is 13.2. The number of benzene rings is 2. The van der Waals surface area contributed by atoms with Gasteiger partial charge in [-0.3, -0.25) is 4.79 Å². The lowest BCUT2D eigenvalue weighted by molar-refractivity contribution is -0.134. The van der Waals surface area contributed by atoms with Crippen molar-refractivity contribution in [1.82, 2.24) is 9.80 Å². The summed E-state index contributed by atoms with van der Waals surface area (Å²) in [5.74, 6) is 1.36. The number of amides is 1. The molecule has 3 rings (SSSR count). The molecule has 1 amide bonds. The Morgan fingerprint density at radius 2 is 1.81 bits per heavy atom. The Kier molecular flexibility index (Phi) is 7.28. The molecule has 1 heterocycles. The summed E-state index contributed by atoms with van der Waals surface area (Å²) in [6.45, 7) is 3.87. The van der Waals surface area contributed by atoms with Gasteiger partial charge in [-0.15, -0.1) is 0 Å². The quantitative estimate of drug-likeness (QED) is 0.717. The summed E-state index contributed by atoms with van der Waals surface area (Å²) in [6.07, 6.45) is 3.28. The molecule has 27 heavy (non-hydrogen) atoms. The van der Waals surface area contributed by atoms with Crippen LogP contribution in [0.1, 0.15) is 18.4 Å². The predicted molar refractivity (Wildman–Crippen MR) is 109 cm³/mol. The highest BCUT2D eigenvalue weighted by molar-refractivity contribution is 5.77. The van der Waals surface area contributed by atoms with Crippen molar-refractivity contribution in [3.63, 3.8) is 0 Å². The van der Waals surface area contributed by atoms with E-state index in [1.54, 1.807) is 0 Å². The molecular weight excluding hydrogens is 336 g/mol. The second-order valence-electron chi connectivity index (χ2n) is 7.45. The summed E-state index contributed by atoms with van der Waals surface area (Å²) in [5, 5.41) is 0. The zero-order valence-corrected chi connectivity index (χ0v) is 16.2.